The highest BCUT2D eigenvalue weighted by Crippen LogP contribution is 2.55. The quantitative estimate of drug-likeness (QED) is 0.177. The monoisotopic (exact) mass is 726 g/mol. The van der Waals surface area contributed by atoms with Gasteiger partial charge in [0.1, 0.15) is 10.6 Å². The molecule has 14 heteroatoms. The van der Waals surface area contributed by atoms with Crippen LogP contribution in [0.5, 0.6) is 0 Å². The highest BCUT2D eigenvalue weighted by atomic mass is 35.5. The zero-order valence-corrected chi connectivity index (χ0v) is 29.0. The van der Waals surface area contributed by atoms with E-state index in [0.717, 1.165) is 21.4 Å². The Morgan fingerprint density at radius 3 is 2.51 bits per heavy atom. The van der Waals surface area contributed by atoms with Crippen molar-refractivity contribution in [1.29, 1.82) is 0 Å². The second-order valence-corrected chi connectivity index (χ2v) is 14.2. The number of H-pyrrole nitrogens is 1. The summed E-state index contributed by atoms with van der Waals surface area (Å²) in [6.07, 6.45) is 1.74. The number of piperazine rings is 1. The Balaban J connectivity index is 1.35. The van der Waals surface area contributed by atoms with Crippen molar-refractivity contribution in [3.63, 3.8) is 0 Å². The van der Waals surface area contributed by atoms with Crippen molar-refractivity contribution in [3.05, 3.63) is 99.9 Å². The summed E-state index contributed by atoms with van der Waals surface area (Å²) in [6.45, 7) is 2.83. The summed E-state index contributed by atoms with van der Waals surface area (Å²) in [4.78, 5) is 51.4. The minimum Gasteiger partial charge on any atom is -0.378 e. The summed E-state index contributed by atoms with van der Waals surface area (Å²) in [5, 5.41) is 4.20. The minimum absolute atomic E-state index is 0.0153. The Morgan fingerprint density at radius 2 is 1.78 bits per heavy atom. The number of urea groups is 1. The van der Waals surface area contributed by atoms with E-state index in [0.29, 0.717) is 63.1 Å². The number of likely N-dealkylation sites (tertiary alicyclic amines) is 1. The van der Waals surface area contributed by atoms with Gasteiger partial charge in [0.25, 0.3) is 0 Å². The Kier molecular flexibility index (Phi) is 11.0. The molecule has 49 heavy (non-hydrogen) atoms. The number of fused-ring (bicyclic) bond motifs is 1. The number of aromatic nitrogens is 1. The molecule has 4 aromatic rings. The third-order valence-corrected chi connectivity index (χ3v) is 10.8. The first kappa shape index (κ1) is 35.0. The second-order valence-electron chi connectivity index (χ2n) is 12.0. The van der Waals surface area contributed by atoms with Crippen LogP contribution in [0.15, 0.2) is 77.8 Å². The second kappa shape index (κ2) is 15.4. The normalized spacial score (nSPS) is 19.6. The van der Waals surface area contributed by atoms with Gasteiger partial charge in [0, 0.05) is 78.4 Å². The number of halogens is 3. The van der Waals surface area contributed by atoms with Gasteiger partial charge in [-0.3, -0.25) is 9.59 Å². The Bertz CT molecular complexity index is 1820. The van der Waals surface area contributed by atoms with Crippen LogP contribution in [0.2, 0.25) is 10.0 Å². The number of thioether (sulfide) groups is 1. The number of nitrogens with zero attached hydrogens (tertiary/aromatic N) is 3. The minimum atomic E-state index is -1.30. The molecular weight excluding hydrogens is 690 g/mol. The van der Waals surface area contributed by atoms with Crippen LogP contribution in [0.4, 0.5) is 9.18 Å². The average Bonchev–Trinajstić information content (AvgIpc) is 3.63. The lowest BCUT2D eigenvalue weighted by Crippen LogP contribution is -2.58. The van der Waals surface area contributed by atoms with Crippen molar-refractivity contribution < 1.29 is 23.5 Å². The van der Waals surface area contributed by atoms with Crippen molar-refractivity contribution in [1.82, 2.24) is 25.0 Å². The predicted octanol–water partition coefficient (Wildman–Crippen LogP) is 5.45. The van der Waals surface area contributed by atoms with Gasteiger partial charge in [0.2, 0.25) is 11.8 Å². The molecule has 258 valence electrons. The number of benzene rings is 3. The lowest BCUT2D eigenvalue weighted by molar-refractivity contribution is -0.136. The first-order valence-electron chi connectivity index (χ1n) is 16.0. The fourth-order valence-electron chi connectivity index (χ4n) is 6.53. The smallest absolute Gasteiger partial charge is 0.317 e. The third kappa shape index (κ3) is 7.53. The van der Waals surface area contributed by atoms with E-state index < -0.39 is 16.6 Å². The molecule has 0 radical (unpaired) electrons. The third-order valence-electron chi connectivity index (χ3n) is 8.84. The maximum Gasteiger partial charge on any atom is 0.317 e. The van der Waals surface area contributed by atoms with Crippen molar-refractivity contribution in [3.8, 4) is 0 Å². The standard InChI is InChI=1S/C35H37Cl2FN6O4S/c36-24-7-8-26-27(21-41-30(26)19-24)32-35(49-25-4-2-1-3-5-25,20-31(45)44(32)22-23-6-9-28(37)29(38)18-23)33(46)42-12-14-43(15-13-42)34(47)40-11-17-48-16-10-39/h1-9,18-19,21,32,41H,10-17,20,22,39H2,(H,40,47). The fraction of sp³-hybridized carbons (Fsp3) is 0.343. The number of rotatable bonds is 11. The SMILES string of the molecule is NCCOCCNC(=O)N1CCN(C(=O)C2(Sc3ccccc3)CC(=O)N(Cc3ccc(Cl)c(F)c3)C2c2c[nH]c3cc(Cl)ccc23)CC1. The van der Waals surface area contributed by atoms with Crippen LogP contribution in [0, 0.1) is 5.82 Å². The summed E-state index contributed by atoms with van der Waals surface area (Å²) in [5.74, 6) is -1.03. The number of ether oxygens (including phenoxy) is 1. The molecule has 1 aromatic heterocycles. The molecule has 4 amide bonds. The molecule has 2 saturated heterocycles. The molecular formula is C35H37Cl2FN6O4S. The van der Waals surface area contributed by atoms with Crippen molar-refractivity contribution >= 4 is 63.7 Å². The van der Waals surface area contributed by atoms with Gasteiger partial charge in [-0.2, -0.15) is 0 Å². The molecule has 0 bridgehead atoms. The van der Waals surface area contributed by atoms with Crippen LogP contribution >= 0.6 is 35.0 Å². The molecule has 3 aromatic carbocycles. The fourth-order valence-corrected chi connectivity index (χ4v) is 8.31. The average molecular weight is 728 g/mol. The van der Waals surface area contributed by atoms with Gasteiger partial charge in [-0.1, -0.05) is 53.5 Å². The van der Waals surface area contributed by atoms with Gasteiger partial charge < -0.3 is 35.5 Å². The number of aromatic amines is 1. The van der Waals surface area contributed by atoms with E-state index in [1.54, 1.807) is 32.9 Å². The number of nitrogens with two attached hydrogens (primary N) is 1. The topological polar surface area (TPSA) is 124 Å². The Labute approximate surface area is 298 Å². The maximum atomic E-state index is 15.1. The van der Waals surface area contributed by atoms with Gasteiger partial charge in [0.15, 0.2) is 0 Å². The first-order chi connectivity index (χ1) is 23.7. The van der Waals surface area contributed by atoms with Crippen LogP contribution in [0.3, 0.4) is 0 Å². The van der Waals surface area contributed by atoms with E-state index in [1.807, 2.05) is 42.6 Å². The Morgan fingerprint density at radius 1 is 1.02 bits per heavy atom. The van der Waals surface area contributed by atoms with E-state index >= 15 is 4.79 Å². The lowest BCUT2D eigenvalue weighted by Gasteiger charge is -2.42. The summed E-state index contributed by atoms with van der Waals surface area (Å²) in [6, 6.07) is 18.5. The molecule has 2 unspecified atom stereocenters. The van der Waals surface area contributed by atoms with Crippen LogP contribution in [0.25, 0.3) is 10.9 Å². The van der Waals surface area contributed by atoms with Crippen molar-refractivity contribution in [2.45, 2.75) is 28.6 Å². The molecule has 0 aliphatic carbocycles. The molecule has 0 saturated carbocycles. The van der Waals surface area contributed by atoms with E-state index in [1.165, 1.54) is 23.9 Å². The van der Waals surface area contributed by atoms with Gasteiger partial charge in [-0.05, 0) is 42.0 Å². The first-order valence-corrected chi connectivity index (χ1v) is 17.6. The summed E-state index contributed by atoms with van der Waals surface area (Å²) >= 11 is 13.7. The zero-order valence-electron chi connectivity index (χ0n) is 26.7. The van der Waals surface area contributed by atoms with Gasteiger partial charge in [-0.25, -0.2) is 9.18 Å². The molecule has 3 heterocycles. The highest BCUT2D eigenvalue weighted by Gasteiger charge is 2.60. The van der Waals surface area contributed by atoms with Crippen LogP contribution in [-0.4, -0.2) is 94.8 Å². The number of hydrogen-bond acceptors (Lipinski definition) is 6. The molecule has 2 aliphatic rings. The molecule has 2 fully saturated rings. The van der Waals surface area contributed by atoms with Crippen LogP contribution < -0.4 is 11.1 Å². The van der Waals surface area contributed by atoms with Gasteiger partial charge >= 0.3 is 6.03 Å². The maximum absolute atomic E-state index is 15.1. The summed E-state index contributed by atoms with van der Waals surface area (Å²) in [7, 11) is 0. The number of amides is 4. The summed E-state index contributed by atoms with van der Waals surface area (Å²) in [5.41, 5.74) is 7.51. The van der Waals surface area contributed by atoms with Crippen LogP contribution in [0.1, 0.15) is 23.6 Å². The molecule has 2 aliphatic heterocycles. The number of carbonyl (C=O) groups is 3. The highest BCUT2D eigenvalue weighted by molar-refractivity contribution is 8.01. The van der Waals surface area contributed by atoms with Gasteiger partial charge in [0.05, 0.1) is 30.7 Å². The Hall–Kier alpha value is -3.81. The number of carbonyl (C=O) groups excluding carboxylic acids is 3. The summed E-state index contributed by atoms with van der Waals surface area (Å²) < 4.78 is 18.7. The van der Waals surface area contributed by atoms with Crippen molar-refractivity contribution in [2.75, 3.05) is 52.5 Å². The largest absolute Gasteiger partial charge is 0.378 e. The van der Waals surface area contributed by atoms with E-state index in [9.17, 15) is 14.0 Å². The lowest BCUT2D eigenvalue weighted by atomic mass is 9.90. The molecule has 2 atom stereocenters. The number of hydrogen-bond donors (Lipinski definition) is 3. The van der Waals surface area contributed by atoms with E-state index in [-0.39, 0.29) is 35.8 Å². The van der Waals surface area contributed by atoms with E-state index in [2.05, 4.69) is 10.3 Å². The number of nitrogens with one attached hydrogen (secondary N) is 2. The van der Waals surface area contributed by atoms with Crippen molar-refractivity contribution in [2.24, 2.45) is 5.73 Å². The predicted molar refractivity (Wildman–Crippen MR) is 189 cm³/mol. The van der Waals surface area contributed by atoms with E-state index in [4.69, 9.17) is 33.7 Å². The van der Waals surface area contributed by atoms with Crippen LogP contribution in [-0.2, 0) is 20.9 Å². The molecule has 10 nitrogen and oxygen atoms in total. The van der Waals surface area contributed by atoms with Gasteiger partial charge in [-0.15, -0.1) is 11.8 Å². The molecule has 0 spiro atoms. The molecule has 4 N–H and O–H groups in total. The molecule has 6 rings (SSSR count). The zero-order chi connectivity index (χ0) is 34.5.